The topological polar surface area (TPSA) is 37.8 Å². The first-order valence-electron chi connectivity index (χ1n) is 7.00. The zero-order chi connectivity index (χ0) is 12.7. The molecule has 0 bridgehead atoms. The summed E-state index contributed by atoms with van der Waals surface area (Å²) in [5, 5.41) is 3.34. The predicted octanol–water partition coefficient (Wildman–Crippen LogP) is 2.55. The highest BCUT2D eigenvalue weighted by Crippen LogP contribution is 2.47. The summed E-state index contributed by atoms with van der Waals surface area (Å²) >= 11 is 0. The third-order valence-electron chi connectivity index (χ3n) is 4.52. The molecule has 1 saturated carbocycles. The van der Waals surface area contributed by atoms with Crippen molar-refractivity contribution in [1.82, 2.24) is 15.3 Å². The zero-order valence-corrected chi connectivity index (χ0v) is 10.9. The Bertz CT molecular complexity index is 603. The van der Waals surface area contributed by atoms with Crippen LogP contribution >= 0.6 is 0 Å². The smallest absolute Gasteiger partial charge is 0.139 e. The Labute approximate surface area is 113 Å². The molecule has 1 fully saturated rings. The highest BCUT2D eigenvalue weighted by molar-refractivity contribution is 5.37. The van der Waals surface area contributed by atoms with Gasteiger partial charge in [-0.3, -0.25) is 0 Å². The summed E-state index contributed by atoms with van der Waals surface area (Å²) in [6.07, 6.45) is 5.63. The van der Waals surface area contributed by atoms with Crippen molar-refractivity contribution in [2.75, 3.05) is 0 Å². The van der Waals surface area contributed by atoms with Crippen molar-refractivity contribution >= 4 is 0 Å². The first-order chi connectivity index (χ1) is 9.38. The second-order valence-electron chi connectivity index (χ2n) is 5.57. The molecule has 0 saturated heterocycles. The number of nitrogens with one attached hydrogen (secondary N) is 1. The summed E-state index contributed by atoms with van der Waals surface area (Å²) in [5.41, 5.74) is 3.88. The predicted molar refractivity (Wildman–Crippen MR) is 73.6 cm³/mol. The molecule has 1 aliphatic heterocycles. The van der Waals surface area contributed by atoms with Gasteiger partial charge in [0.15, 0.2) is 0 Å². The van der Waals surface area contributed by atoms with Crippen LogP contribution in [0.25, 0.3) is 0 Å². The third kappa shape index (κ3) is 1.61. The average molecular weight is 251 g/mol. The molecular weight excluding hydrogens is 234 g/mol. The van der Waals surface area contributed by atoms with E-state index in [9.17, 15) is 0 Å². The van der Waals surface area contributed by atoms with Gasteiger partial charge in [0.05, 0.1) is 11.1 Å². The summed E-state index contributed by atoms with van der Waals surface area (Å²) in [7, 11) is 0. The number of hydrogen-bond donors (Lipinski definition) is 1. The van der Waals surface area contributed by atoms with Gasteiger partial charge in [0.2, 0.25) is 0 Å². The van der Waals surface area contributed by atoms with E-state index in [1.807, 2.05) is 6.20 Å². The molecule has 3 nitrogen and oxygen atoms in total. The van der Waals surface area contributed by atoms with Crippen LogP contribution in [0.4, 0.5) is 0 Å². The van der Waals surface area contributed by atoms with Crippen LogP contribution < -0.4 is 5.32 Å². The Balaban J connectivity index is 1.81. The van der Waals surface area contributed by atoms with Crippen LogP contribution in [-0.4, -0.2) is 9.97 Å². The molecule has 0 amide bonds. The van der Waals surface area contributed by atoms with Gasteiger partial charge in [-0.05, 0) is 18.4 Å². The van der Waals surface area contributed by atoms with Gasteiger partial charge in [-0.2, -0.15) is 0 Å². The lowest BCUT2D eigenvalue weighted by atomic mass is 9.64. The summed E-state index contributed by atoms with van der Waals surface area (Å²) in [6, 6.07) is 10.7. The van der Waals surface area contributed by atoms with E-state index in [0.29, 0.717) is 0 Å². The summed E-state index contributed by atoms with van der Waals surface area (Å²) in [4.78, 5) is 9.52. The Hall–Kier alpha value is -1.74. The van der Waals surface area contributed by atoms with Crippen LogP contribution in [0.1, 0.15) is 41.9 Å². The van der Waals surface area contributed by atoms with E-state index in [4.69, 9.17) is 4.98 Å². The van der Waals surface area contributed by atoms with Crippen molar-refractivity contribution < 1.29 is 0 Å². The van der Waals surface area contributed by atoms with Crippen molar-refractivity contribution in [1.29, 1.82) is 0 Å². The number of fused-ring (bicyclic) bond motifs is 1. The van der Waals surface area contributed by atoms with Crippen LogP contribution in [0.15, 0.2) is 36.5 Å². The molecular formula is C16H17N3. The van der Waals surface area contributed by atoms with Crippen LogP contribution in [0, 0.1) is 0 Å². The monoisotopic (exact) mass is 251 g/mol. The molecule has 1 aromatic carbocycles. The number of benzene rings is 1. The Kier molecular flexibility index (Phi) is 2.42. The summed E-state index contributed by atoms with van der Waals surface area (Å²) in [6.45, 7) is 1.80. The standard InChI is InChI=1S/C16H17N3/c1-2-5-13(6-3-1)16(7-4-8-16)15-18-10-12-9-17-11-14(12)19-15/h1-3,5-6,10,17H,4,7-9,11H2. The SMILES string of the molecule is c1ccc(C2(c3ncc4c(n3)CNC4)CCC2)cc1. The van der Waals surface area contributed by atoms with Crippen molar-refractivity contribution in [3.8, 4) is 0 Å². The van der Waals surface area contributed by atoms with Gasteiger partial charge in [-0.15, -0.1) is 0 Å². The third-order valence-corrected chi connectivity index (χ3v) is 4.52. The molecule has 0 unspecified atom stereocenters. The maximum atomic E-state index is 4.85. The van der Waals surface area contributed by atoms with Crippen molar-refractivity contribution in [2.24, 2.45) is 0 Å². The fourth-order valence-electron chi connectivity index (χ4n) is 3.22. The van der Waals surface area contributed by atoms with E-state index in [1.165, 1.54) is 36.1 Å². The van der Waals surface area contributed by atoms with E-state index in [0.717, 1.165) is 18.9 Å². The van der Waals surface area contributed by atoms with E-state index >= 15 is 0 Å². The maximum Gasteiger partial charge on any atom is 0.139 e. The minimum absolute atomic E-state index is 0.0683. The molecule has 4 rings (SSSR count). The molecule has 1 aliphatic carbocycles. The van der Waals surface area contributed by atoms with E-state index in [2.05, 4.69) is 40.6 Å². The molecule has 2 aliphatic rings. The van der Waals surface area contributed by atoms with Gasteiger partial charge in [0, 0.05) is 24.8 Å². The molecule has 2 aromatic rings. The molecule has 19 heavy (non-hydrogen) atoms. The minimum atomic E-state index is 0.0683. The van der Waals surface area contributed by atoms with E-state index < -0.39 is 0 Å². The molecule has 2 heterocycles. The van der Waals surface area contributed by atoms with Crippen molar-refractivity contribution in [3.05, 3.63) is 59.2 Å². The first-order valence-corrected chi connectivity index (χ1v) is 7.00. The number of rotatable bonds is 2. The summed E-state index contributed by atoms with van der Waals surface area (Å²) < 4.78 is 0. The molecule has 96 valence electrons. The van der Waals surface area contributed by atoms with Gasteiger partial charge in [-0.1, -0.05) is 36.8 Å². The van der Waals surface area contributed by atoms with Crippen LogP contribution in [0.2, 0.25) is 0 Å². The fourth-order valence-corrected chi connectivity index (χ4v) is 3.22. The molecule has 3 heteroatoms. The second-order valence-corrected chi connectivity index (χ2v) is 5.57. The first kappa shape index (κ1) is 11.1. The highest BCUT2D eigenvalue weighted by atomic mass is 15.0. The largest absolute Gasteiger partial charge is 0.307 e. The molecule has 0 atom stereocenters. The number of aromatic nitrogens is 2. The number of hydrogen-bond acceptors (Lipinski definition) is 3. The molecule has 0 radical (unpaired) electrons. The van der Waals surface area contributed by atoms with Gasteiger partial charge >= 0.3 is 0 Å². The highest BCUT2D eigenvalue weighted by Gasteiger charge is 2.43. The van der Waals surface area contributed by atoms with E-state index in [1.54, 1.807) is 0 Å². The molecule has 0 spiro atoms. The lowest BCUT2D eigenvalue weighted by Gasteiger charge is -2.41. The van der Waals surface area contributed by atoms with Gasteiger partial charge in [-0.25, -0.2) is 9.97 Å². The zero-order valence-electron chi connectivity index (χ0n) is 10.9. The normalized spacial score (nSPS) is 19.8. The van der Waals surface area contributed by atoms with Crippen molar-refractivity contribution in [2.45, 2.75) is 37.8 Å². The Morgan fingerprint density at radius 3 is 2.63 bits per heavy atom. The van der Waals surface area contributed by atoms with Gasteiger partial charge < -0.3 is 5.32 Å². The van der Waals surface area contributed by atoms with Crippen LogP contribution in [-0.2, 0) is 18.5 Å². The Morgan fingerprint density at radius 2 is 1.89 bits per heavy atom. The van der Waals surface area contributed by atoms with Gasteiger partial charge in [0.1, 0.15) is 5.82 Å². The minimum Gasteiger partial charge on any atom is -0.307 e. The maximum absolute atomic E-state index is 4.85. The molecule has 1 aromatic heterocycles. The number of nitrogens with zero attached hydrogens (tertiary/aromatic N) is 2. The lowest BCUT2D eigenvalue weighted by Crippen LogP contribution is -2.37. The lowest BCUT2D eigenvalue weighted by molar-refractivity contribution is 0.284. The van der Waals surface area contributed by atoms with Gasteiger partial charge in [0.25, 0.3) is 0 Å². The fraction of sp³-hybridized carbons (Fsp3) is 0.375. The van der Waals surface area contributed by atoms with E-state index in [-0.39, 0.29) is 5.41 Å². The molecule has 1 N–H and O–H groups in total. The van der Waals surface area contributed by atoms with Crippen molar-refractivity contribution in [3.63, 3.8) is 0 Å². The van der Waals surface area contributed by atoms with Crippen LogP contribution in [0.3, 0.4) is 0 Å². The Morgan fingerprint density at radius 1 is 1.05 bits per heavy atom. The quantitative estimate of drug-likeness (QED) is 0.891. The van der Waals surface area contributed by atoms with Crippen LogP contribution in [0.5, 0.6) is 0 Å². The summed E-state index contributed by atoms with van der Waals surface area (Å²) in [5.74, 6) is 1.02. The average Bonchev–Trinajstić information content (AvgIpc) is 2.86. The second kappa shape index (κ2) is 4.14.